The molecule has 0 unspecified atom stereocenters. The summed E-state index contributed by atoms with van der Waals surface area (Å²) in [7, 11) is 0. The molecule has 0 amide bonds. The number of nitro benzene ring substituents is 1. The molecule has 5 heteroatoms. The fraction of sp³-hybridized carbons (Fsp3) is 0. The van der Waals surface area contributed by atoms with Gasteiger partial charge in [0.1, 0.15) is 0 Å². The number of benzene rings is 1. The Balaban J connectivity index is 2.14. The van der Waals surface area contributed by atoms with Crippen LogP contribution in [0.3, 0.4) is 0 Å². The van der Waals surface area contributed by atoms with Crippen molar-refractivity contribution in [1.29, 1.82) is 0 Å². The first-order valence-electron chi connectivity index (χ1n) is 5.41. The molecule has 2 heterocycles. The number of hydrogen-bond acceptors (Lipinski definition) is 3. The lowest BCUT2D eigenvalue weighted by atomic mass is 10.2. The summed E-state index contributed by atoms with van der Waals surface area (Å²) in [6, 6.07) is 10.4. The van der Waals surface area contributed by atoms with Crippen molar-refractivity contribution in [3.05, 3.63) is 58.9 Å². The van der Waals surface area contributed by atoms with Crippen LogP contribution < -0.4 is 0 Å². The van der Waals surface area contributed by atoms with Crippen molar-refractivity contribution in [3.8, 4) is 11.3 Å². The highest BCUT2D eigenvalue weighted by Crippen LogP contribution is 2.26. The minimum Gasteiger partial charge on any atom is -0.354 e. The van der Waals surface area contributed by atoms with E-state index in [1.807, 2.05) is 18.2 Å². The van der Waals surface area contributed by atoms with Gasteiger partial charge in [-0.1, -0.05) is 0 Å². The highest BCUT2D eigenvalue weighted by molar-refractivity contribution is 5.87. The fourth-order valence-corrected chi connectivity index (χ4v) is 1.91. The number of nitro groups is 1. The van der Waals surface area contributed by atoms with Gasteiger partial charge >= 0.3 is 0 Å². The number of aromatic amines is 1. The second kappa shape index (κ2) is 3.96. The van der Waals surface area contributed by atoms with Crippen LogP contribution in [-0.2, 0) is 0 Å². The van der Waals surface area contributed by atoms with Crippen molar-refractivity contribution in [3.63, 3.8) is 0 Å². The molecule has 0 saturated carbocycles. The van der Waals surface area contributed by atoms with Gasteiger partial charge in [0, 0.05) is 46.7 Å². The van der Waals surface area contributed by atoms with Crippen molar-refractivity contribution < 1.29 is 4.92 Å². The smallest absolute Gasteiger partial charge is 0.270 e. The highest BCUT2D eigenvalue weighted by atomic mass is 16.6. The number of nitrogens with zero attached hydrogens (tertiary/aromatic N) is 2. The number of nitrogens with one attached hydrogen (secondary N) is 1. The lowest BCUT2D eigenvalue weighted by molar-refractivity contribution is -0.384. The van der Waals surface area contributed by atoms with E-state index < -0.39 is 4.92 Å². The molecule has 1 aromatic carbocycles. The largest absolute Gasteiger partial charge is 0.354 e. The molecule has 0 fully saturated rings. The lowest BCUT2D eigenvalue weighted by Crippen LogP contribution is -1.86. The molecule has 3 aromatic rings. The number of non-ortho nitro benzene ring substituents is 1. The Bertz CT molecular complexity index is 719. The first-order valence-corrected chi connectivity index (χ1v) is 5.41. The monoisotopic (exact) mass is 239 g/mol. The van der Waals surface area contributed by atoms with Crippen molar-refractivity contribution >= 4 is 16.6 Å². The Hall–Kier alpha value is -2.69. The van der Waals surface area contributed by atoms with Crippen molar-refractivity contribution in [2.24, 2.45) is 0 Å². The van der Waals surface area contributed by atoms with Gasteiger partial charge in [-0.15, -0.1) is 0 Å². The van der Waals surface area contributed by atoms with Gasteiger partial charge in [0.05, 0.1) is 4.92 Å². The van der Waals surface area contributed by atoms with Gasteiger partial charge in [0.15, 0.2) is 0 Å². The van der Waals surface area contributed by atoms with Crippen LogP contribution in [0, 0.1) is 10.1 Å². The van der Waals surface area contributed by atoms with Gasteiger partial charge < -0.3 is 4.98 Å². The van der Waals surface area contributed by atoms with E-state index in [2.05, 4.69) is 9.97 Å². The molecular weight excluding hydrogens is 230 g/mol. The van der Waals surface area contributed by atoms with Crippen LogP contribution in [-0.4, -0.2) is 14.9 Å². The quantitative estimate of drug-likeness (QED) is 0.551. The molecule has 0 aliphatic carbocycles. The van der Waals surface area contributed by atoms with Crippen LogP contribution in [0.1, 0.15) is 0 Å². The summed E-state index contributed by atoms with van der Waals surface area (Å²) in [5.41, 5.74) is 2.83. The van der Waals surface area contributed by atoms with E-state index in [1.165, 1.54) is 6.07 Å². The minimum atomic E-state index is -0.393. The van der Waals surface area contributed by atoms with Crippen molar-refractivity contribution in [2.75, 3.05) is 0 Å². The number of hydrogen-bond donors (Lipinski definition) is 1. The van der Waals surface area contributed by atoms with Crippen LogP contribution in [0.2, 0.25) is 0 Å². The van der Waals surface area contributed by atoms with Crippen molar-refractivity contribution in [1.82, 2.24) is 9.97 Å². The molecule has 0 saturated heterocycles. The van der Waals surface area contributed by atoms with Crippen molar-refractivity contribution in [2.45, 2.75) is 0 Å². The Morgan fingerprint density at radius 2 is 2.11 bits per heavy atom. The molecule has 88 valence electrons. The summed E-state index contributed by atoms with van der Waals surface area (Å²) < 4.78 is 0. The van der Waals surface area contributed by atoms with Gasteiger partial charge in [-0.05, 0) is 24.3 Å². The van der Waals surface area contributed by atoms with Gasteiger partial charge in [-0.25, -0.2) is 0 Å². The van der Waals surface area contributed by atoms with E-state index in [-0.39, 0.29) is 5.69 Å². The Morgan fingerprint density at radius 1 is 1.22 bits per heavy atom. The number of aromatic nitrogens is 2. The topological polar surface area (TPSA) is 71.8 Å². The van der Waals surface area contributed by atoms with E-state index >= 15 is 0 Å². The number of H-pyrrole nitrogens is 1. The highest BCUT2D eigenvalue weighted by Gasteiger charge is 2.09. The van der Waals surface area contributed by atoms with E-state index in [0.29, 0.717) is 0 Å². The summed E-state index contributed by atoms with van der Waals surface area (Å²) in [4.78, 5) is 17.6. The first-order chi connectivity index (χ1) is 8.74. The van der Waals surface area contributed by atoms with E-state index in [4.69, 9.17) is 0 Å². The SMILES string of the molecule is O=[N+]([O-])c1ccc2[nH]c(-c3cccnc3)cc2c1. The lowest BCUT2D eigenvalue weighted by Gasteiger charge is -1.94. The van der Waals surface area contributed by atoms with Crippen LogP contribution in [0.25, 0.3) is 22.2 Å². The van der Waals surface area contributed by atoms with E-state index in [9.17, 15) is 10.1 Å². The zero-order valence-electron chi connectivity index (χ0n) is 9.33. The maximum atomic E-state index is 10.7. The fourth-order valence-electron chi connectivity index (χ4n) is 1.91. The van der Waals surface area contributed by atoms with Crippen LogP contribution >= 0.6 is 0 Å². The van der Waals surface area contributed by atoms with E-state index in [0.717, 1.165) is 22.2 Å². The second-order valence-corrected chi connectivity index (χ2v) is 3.95. The Labute approximate surface area is 102 Å². The predicted molar refractivity (Wildman–Crippen MR) is 68.2 cm³/mol. The molecule has 18 heavy (non-hydrogen) atoms. The number of fused-ring (bicyclic) bond motifs is 1. The summed E-state index contributed by atoms with van der Waals surface area (Å²) in [5, 5.41) is 11.5. The maximum Gasteiger partial charge on any atom is 0.270 e. The molecule has 1 N–H and O–H groups in total. The molecule has 0 bridgehead atoms. The zero-order chi connectivity index (χ0) is 12.5. The Kier molecular flexibility index (Phi) is 2.30. The van der Waals surface area contributed by atoms with Crippen LogP contribution in [0.15, 0.2) is 48.8 Å². The third-order valence-corrected chi connectivity index (χ3v) is 2.79. The predicted octanol–water partition coefficient (Wildman–Crippen LogP) is 3.14. The molecule has 5 nitrogen and oxygen atoms in total. The van der Waals surface area contributed by atoms with Crippen LogP contribution in [0.5, 0.6) is 0 Å². The molecule has 0 aliphatic rings. The Morgan fingerprint density at radius 3 is 2.83 bits per heavy atom. The van der Waals surface area contributed by atoms with Gasteiger partial charge in [0.2, 0.25) is 0 Å². The summed E-state index contributed by atoms with van der Waals surface area (Å²) in [5.74, 6) is 0. The third-order valence-electron chi connectivity index (χ3n) is 2.79. The normalized spacial score (nSPS) is 10.7. The second-order valence-electron chi connectivity index (χ2n) is 3.95. The molecule has 3 rings (SSSR count). The van der Waals surface area contributed by atoms with Gasteiger partial charge in [-0.3, -0.25) is 15.1 Å². The maximum absolute atomic E-state index is 10.7. The first kappa shape index (κ1) is 10.5. The molecule has 0 aliphatic heterocycles. The molecule has 2 aromatic heterocycles. The van der Waals surface area contributed by atoms with Gasteiger partial charge in [-0.2, -0.15) is 0 Å². The molecular formula is C13H9N3O2. The number of rotatable bonds is 2. The third kappa shape index (κ3) is 1.71. The molecule has 0 spiro atoms. The minimum absolute atomic E-state index is 0.0965. The standard InChI is InChI=1S/C13H9N3O2/c17-16(18)11-3-4-12-10(6-11)7-13(15-12)9-2-1-5-14-8-9/h1-8,15H. The summed E-state index contributed by atoms with van der Waals surface area (Å²) >= 11 is 0. The van der Waals surface area contributed by atoms with E-state index in [1.54, 1.807) is 24.5 Å². The molecule has 0 atom stereocenters. The van der Waals surface area contributed by atoms with Gasteiger partial charge in [0.25, 0.3) is 5.69 Å². The average molecular weight is 239 g/mol. The molecule has 0 radical (unpaired) electrons. The summed E-state index contributed by atoms with van der Waals surface area (Å²) in [6.07, 6.45) is 3.45. The zero-order valence-corrected chi connectivity index (χ0v) is 9.33. The average Bonchev–Trinajstić information content (AvgIpc) is 2.82. The summed E-state index contributed by atoms with van der Waals surface area (Å²) in [6.45, 7) is 0. The number of pyridine rings is 1. The van der Waals surface area contributed by atoms with Crippen LogP contribution in [0.4, 0.5) is 5.69 Å².